The standard InChI is InChI=1S/C20H20N2O3S/c1-2-14-17(11-6-4-3-5-7-11)21-20(26-14)22-18(23)15-12-8-9-13(10-12)16(15)19(24)25/h3-9,12-13,15-16H,2,10H2,1H3,(H,24,25)(H,21,22,23)/t12-,13+,15-,16+/m1/s1. The van der Waals surface area contributed by atoms with Gasteiger partial charge in [-0.25, -0.2) is 4.98 Å². The molecule has 1 aromatic carbocycles. The van der Waals surface area contributed by atoms with Crippen LogP contribution in [0, 0.1) is 23.7 Å². The normalized spacial score (nSPS) is 26.2. The van der Waals surface area contributed by atoms with E-state index in [-0.39, 0.29) is 17.7 Å². The number of nitrogens with zero attached hydrogens (tertiary/aromatic N) is 1. The molecular weight excluding hydrogens is 348 g/mol. The average molecular weight is 368 g/mol. The van der Waals surface area contributed by atoms with Gasteiger partial charge in [-0.3, -0.25) is 9.59 Å². The number of carboxylic acid groups (broad SMARTS) is 1. The first-order valence-electron chi connectivity index (χ1n) is 8.85. The van der Waals surface area contributed by atoms with Gasteiger partial charge >= 0.3 is 5.97 Å². The smallest absolute Gasteiger partial charge is 0.307 e. The van der Waals surface area contributed by atoms with Crippen LogP contribution in [-0.4, -0.2) is 22.0 Å². The van der Waals surface area contributed by atoms with Crippen molar-refractivity contribution in [3.63, 3.8) is 0 Å². The van der Waals surface area contributed by atoms with Crippen LogP contribution in [0.15, 0.2) is 42.5 Å². The summed E-state index contributed by atoms with van der Waals surface area (Å²) < 4.78 is 0. The number of carbonyl (C=O) groups is 2. The van der Waals surface area contributed by atoms with E-state index in [9.17, 15) is 14.7 Å². The van der Waals surface area contributed by atoms with Gasteiger partial charge in [0.25, 0.3) is 0 Å². The molecule has 0 unspecified atom stereocenters. The highest BCUT2D eigenvalue weighted by Crippen LogP contribution is 2.48. The third-order valence-electron chi connectivity index (χ3n) is 5.34. The third kappa shape index (κ3) is 2.84. The predicted molar refractivity (Wildman–Crippen MR) is 101 cm³/mol. The molecule has 1 heterocycles. The zero-order chi connectivity index (χ0) is 18.3. The largest absolute Gasteiger partial charge is 0.481 e. The van der Waals surface area contributed by atoms with Gasteiger partial charge in [-0.2, -0.15) is 0 Å². The lowest BCUT2D eigenvalue weighted by Crippen LogP contribution is -2.36. The van der Waals surface area contributed by atoms with E-state index in [0.29, 0.717) is 5.13 Å². The van der Waals surface area contributed by atoms with Crippen molar-refractivity contribution in [2.75, 3.05) is 5.32 Å². The Morgan fingerprint density at radius 3 is 2.54 bits per heavy atom. The maximum absolute atomic E-state index is 12.8. The molecule has 134 valence electrons. The van der Waals surface area contributed by atoms with Crippen LogP contribution < -0.4 is 5.32 Å². The second-order valence-corrected chi connectivity index (χ2v) is 7.92. The van der Waals surface area contributed by atoms with Crippen LogP contribution >= 0.6 is 11.3 Å². The minimum atomic E-state index is -0.889. The van der Waals surface area contributed by atoms with Crippen molar-refractivity contribution in [1.29, 1.82) is 0 Å². The molecule has 1 amide bonds. The molecule has 0 aliphatic heterocycles. The third-order valence-corrected chi connectivity index (χ3v) is 6.46. The first kappa shape index (κ1) is 17.0. The van der Waals surface area contributed by atoms with Gasteiger partial charge in [0.05, 0.1) is 17.5 Å². The number of aliphatic carboxylic acids is 1. The van der Waals surface area contributed by atoms with Crippen LogP contribution in [0.5, 0.6) is 0 Å². The number of rotatable bonds is 5. The average Bonchev–Trinajstić information content (AvgIpc) is 3.35. The summed E-state index contributed by atoms with van der Waals surface area (Å²) in [5, 5.41) is 13.0. The summed E-state index contributed by atoms with van der Waals surface area (Å²) in [5.74, 6) is -2.29. The summed E-state index contributed by atoms with van der Waals surface area (Å²) in [6.45, 7) is 2.06. The first-order chi connectivity index (χ1) is 12.6. The summed E-state index contributed by atoms with van der Waals surface area (Å²) in [5.41, 5.74) is 1.91. The quantitative estimate of drug-likeness (QED) is 0.786. The Labute approximate surface area is 155 Å². The minimum absolute atomic E-state index is 0.0142. The molecule has 2 bridgehead atoms. The zero-order valence-electron chi connectivity index (χ0n) is 14.4. The summed E-state index contributed by atoms with van der Waals surface area (Å²) in [6, 6.07) is 9.89. The Morgan fingerprint density at radius 1 is 1.19 bits per heavy atom. The van der Waals surface area contributed by atoms with Crippen molar-refractivity contribution in [3.8, 4) is 11.3 Å². The van der Waals surface area contributed by atoms with Crippen molar-refractivity contribution in [1.82, 2.24) is 4.98 Å². The molecule has 0 radical (unpaired) electrons. The molecule has 2 aliphatic carbocycles. The van der Waals surface area contributed by atoms with E-state index in [1.165, 1.54) is 11.3 Å². The Hall–Kier alpha value is -2.47. The van der Waals surface area contributed by atoms with Gasteiger partial charge in [-0.15, -0.1) is 11.3 Å². The van der Waals surface area contributed by atoms with Gasteiger partial charge in [0, 0.05) is 10.4 Å². The fourth-order valence-electron chi connectivity index (χ4n) is 4.17. The Balaban J connectivity index is 1.58. The number of hydrogen-bond donors (Lipinski definition) is 2. The fourth-order valence-corrected chi connectivity index (χ4v) is 5.10. The van der Waals surface area contributed by atoms with Crippen LogP contribution in [0.1, 0.15) is 18.2 Å². The highest BCUT2D eigenvalue weighted by molar-refractivity contribution is 7.16. The lowest BCUT2D eigenvalue weighted by molar-refractivity contribution is -0.146. The number of aromatic nitrogens is 1. The number of thiazole rings is 1. The topological polar surface area (TPSA) is 79.3 Å². The molecule has 4 atom stereocenters. The molecule has 0 spiro atoms. The van der Waals surface area contributed by atoms with Crippen molar-refractivity contribution in [3.05, 3.63) is 47.4 Å². The number of aryl methyl sites for hydroxylation is 1. The number of anilines is 1. The molecule has 1 fully saturated rings. The van der Waals surface area contributed by atoms with Crippen LogP contribution in [-0.2, 0) is 16.0 Å². The summed E-state index contributed by atoms with van der Waals surface area (Å²) in [4.78, 5) is 30.2. The molecule has 4 rings (SSSR count). The zero-order valence-corrected chi connectivity index (χ0v) is 15.2. The molecular formula is C20H20N2O3S. The van der Waals surface area contributed by atoms with Crippen molar-refractivity contribution in [2.24, 2.45) is 23.7 Å². The molecule has 2 aromatic rings. The first-order valence-corrected chi connectivity index (χ1v) is 9.67. The maximum Gasteiger partial charge on any atom is 0.307 e. The number of carbonyl (C=O) groups excluding carboxylic acids is 1. The molecule has 6 heteroatoms. The van der Waals surface area contributed by atoms with Crippen LogP contribution in [0.4, 0.5) is 5.13 Å². The van der Waals surface area contributed by atoms with Crippen LogP contribution in [0.3, 0.4) is 0 Å². The lowest BCUT2D eigenvalue weighted by atomic mass is 9.82. The van der Waals surface area contributed by atoms with E-state index in [4.69, 9.17) is 0 Å². The highest BCUT2D eigenvalue weighted by Gasteiger charge is 2.51. The molecule has 26 heavy (non-hydrogen) atoms. The number of allylic oxidation sites excluding steroid dienone is 2. The van der Waals surface area contributed by atoms with Gasteiger partial charge in [0.1, 0.15) is 0 Å². The maximum atomic E-state index is 12.8. The van der Waals surface area contributed by atoms with E-state index < -0.39 is 17.8 Å². The Morgan fingerprint density at radius 2 is 1.88 bits per heavy atom. The second-order valence-electron chi connectivity index (χ2n) is 6.84. The van der Waals surface area contributed by atoms with Crippen molar-refractivity contribution >= 4 is 28.3 Å². The van der Waals surface area contributed by atoms with E-state index in [1.807, 2.05) is 42.5 Å². The molecule has 0 saturated heterocycles. The Bertz CT molecular complexity index is 874. The van der Waals surface area contributed by atoms with Crippen molar-refractivity contribution < 1.29 is 14.7 Å². The van der Waals surface area contributed by atoms with Gasteiger partial charge in [0.2, 0.25) is 5.91 Å². The summed E-state index contributed by atoms with van der Waals surface area (Å²) in [6.07, 6.45) is 5.51. The van der Waals surface area contributed by atoms with Gasteiger partial charge in [-0.05, 0) is 24.7 Å². The van der Waals surface area contributed by atoms with Crippen molar-refractivity contribution in [2.45, 2.75) is 19.8 Å². The number of fused-ring (bicyclic) bond motifs is 2. The minimum Gasteiger partial charge on any atom is -0.481 e. The highest BCUT2D eigenvalue weighted by atomic mass is 32.1. The summed E-state index contributed by atoms with van der Waals surface area (Å²) in [7, 11) is 0. The van der Waals surface area contributed by atoms with E-state index in [2.05, 4.69) is 17.2 Å². The number of carboxylic acids is 1. The van der Waals surface area contributed by atoms with Crippen LogP contribution in [0.2, 0.25) is 0 Å². The lowest BCUT2D eigenvalue weighted by Gasteiger charge is -2.23. The van der Waals surface area contributed by atoms with E-state index in [0.717, 1.165) is 29.0 Å². The fraction of sp³-hybridized carbons (Fsp3) is 0.350. The monoisotopic (exact) mass is 368 g/mol. The SMILES string of the molecule is CCc1sc(NC(=O)[C@H]2[C@@H](C(=O)O)[C@H]3C=C[C@@H]2C3)nc1-c1ccccc1. The van der Waals surface area contributed by atoms with Gasteiger partial charge < -0.3 is 10.4 Å². The molecule has 2 aliphatic rings. The second kappa shape index (κ2) is 6.68. The molecule has 2 N–H and O–H groups in total. The predicted octanol–water partition coefficient (Wildman–Crippen LogP) is 3.83. The molecule has 5 nitrogen and oxygen atoms in total. The number of benzene rings is 1. The summed E-state index contributed by atoms with van der Waals surface area (Å²) >= 11 is 1.46. The van der Waals surface area contributed by atoms with Crippen LogP contribution in [0.25, 0.3) is 11.3 Å². The van der Waals surface area contributed by atoms with Gasteiger partial charge in [-0.1, -0.05) is 49.4 Å². The Kier molecular flexibility index (Phi) is 4.36. The van der Waals surface area contributed by atoms with E-state index >= 15 is 0 Å². The van der Waals surface area contributed by atoms with E-state index in [1.54, 1.807) is 0 Å². The van der Waals surface area contributed by atoms with Gasteiger partial charge in [0.15, 0.2) is 5.13 Å². The molecule has 1 saturated carbocycles. The number of hydrogen-bond acceptors (Lipinski definition) is 4. The number of amides is 1. The molecule has 1 aromatic heterocycles. The number of nitrogens with one attached hydrogen (secondary N) is 1.